The summed E-state index contributed by atoms with van der Waals surface area (Å²) in [6.07, 6.45) is 4.90. The van der Waals surface area contributed by atoms with Crippen LogP contribution in [0.4, 0.5) is 13.2 Å². The number of aromatic nitrogens is 2. The van der Waals surface area contributed by atoms with Gasteiger partial charge in [0.15, 0.2) is 0 Å². The fraction of sp³-hybridized carbons (Fsp3) is 0.478. The molecule has 1 fully saturated rings. The van der Waals surface area contributed by atoms with Crippen LogP contribution in [0.25, 0.3) is 10.2 Å². The Morgan fingerprint density at radius 3 is 2.74 bits per heavy atom. The molecule has 0 aliphatic heterocycles. The number of fused-ring (bicyclic) bond motifs is 3. The molecule has 2 heterocycles. The maximum Gasteiger partial charge on any atom is 0.416 e. The lowest BCUT2D eigenvalue weighted by molar-refractivity contribution is -0.137. The summed E-state index contributed by atoms with van der Waals surface area (Å²) >= 11 is 1.58. The van der Waals surface area contributed by atoms with E-state index in [1.807, 2.05) is 0 Å². The Labute approximate surface area is 182 Å². The number of aryl methyl sites for hydroxylation is 1. The minimum Gasteiger partial charge on any atom is -0.311 e. The van der Waals surface area contributed by atoms with Crippen LogP contribution in [0.1, 0.15) is 53.7 Å². The zero-order valence-electron chi connectivity index (χ0n) is 17.0. The van der Waals surface area contributed by atoms with Gasteiger partial charge in [-0.15, -0.1) is 11.3 Å². The second-order valence-electron chi connectivity index (χ2n) is 8.65. The van der Waals surface area contributed by atoms with Gasteiger partial charge in [-0.25, -0.2) is 4.98 Å². The largest absolute Gasteiger partial charge is 0.416 e. The van der Waals surface area contributed by atoms with Crippen LogP contribution in [0.5, 0.6) is 0 Å². The van der Waals surface area contributed by atoms with E-state index >= 15 is 0 Å². The first-order valence-electron chi connectivity index (χ1n) is 10.8. The lowest BCUT2D eigenvalue weighted by Crippen LogP contribution is -2.40. The molecule has 1 aromatic carbocycles. The molecule has 2 aromatic heterocycles. The van der Waals surface area contributed by atoms with Crippen molar-refractivity contribution in [3.05, 3.63) is 62.5 Å². The summed E-state index contributed by atoms with van der Waals surface area (Å²) in [6, 6.07) is 6.17. The Balaban J connectivity index is 1.41. The van der Waals surface area contributed by atoms with E-state index in [9.17, 15) is 18.0 Å². The summed E-state index contributed by atoms with van der Waals surface area (Å²) < 4.78 is 40.5. The number of thiophene rings is 1. The second kappa shape index (κ2) is 8.06. The van der Waals surface area contributed by atoms with E-state index in [0.717, 1.165) is 41.8 Å². The molecule has 2 aliphatic carbocycles. The van der Waals surface area contributed by atoms with Crippen molar-refractivity contribution in [2.45, 2.75) is 69.8 Å². The molecule has 1 saturated carbocycles. The van der Waals surface area contributed by atoms with E-state index in [0.29, 0.717) is 23.0 Å². The van der Waals surface area contributed by atoms with Crippen LogP contribution < -0.4 is 10.9 Å². The second-order valence-corrected chi connectivity index (χ2v) is 9.73. The summed E-state index contributed by atoms with van der Waals surface area (Å²) in [5.41, 5.74) is 0.645. The Morgan fingerprint density at radius 2 is 1.97 bits per heavy atom. The van der Waals surface area contributed by atoms with Crippen LogP contribution in [-0.2, 0) is 25.6 Å². The summed E-state index contributed by atoms with van der Waals surface area (Å²) in [5, 5.41) is 4.44. The van der Waals surface area contributed by atoms with Crippen molar-refractivity contribution < 1.29 is 13.2 Å². The number of hydrogen-bond donors (Lipinski definition) is 1. The molecule has 3 aromatic rings. The molecule has 5 rings (SSSR count). The maximum atomic E-state index is 13.2. The zero-order chi connectivity index (χ0) is 21.6. The molecule has 31 heavy (non-hydrogen) atoms. The van der Waals surface area contributed by atoms with Crippen LogP contribution in [0.3, 0.4) is 0 Å². The van der Waals surface area contributed by atoms with Gasteiger partial charge in [-0.05, 0) is 55.4 Å². The molecule has 1 N–H and O–H groups in total. The van der Waals surface area contributed by atoms with Gasteiger partial charge in [-0.2, -0.15) is 13.2 Å². The van der Waals surface area contributed by atoms with Crippen molar-refractivity contribution in [1.82, 2.24) is 14.9 Å². The van der Waals surface area contributed by atoms with Crippen molar-refractivity contribution >= 4 is 21.6 Å². The van der Waals surface area contributed by atoms with Gasteiger partial charge in [0.2, 0.25) is 0 Å². The zero-order valence-corrected chi connectivity index (χ0v) is 17.9. The van der Waals surface area contributed by atoms with Gasteiger partial charge in [0.1, 0.15) is 4.83 Å². The smallest absolute Gasteiger partial charge is 0.311 e. The van der Waals surface area contributed by atoms with Crippen LogP contribution >= 0.6 is 11.3 Å². The molecule has 0 spiro atoms. The van der Waals surface area contributed by atoms with E-state index in [1.165, 1.54) is 47.5 Å². The summed E-state index contributed by atoms with van der Waals surface area (Å²) in [5.74, 6) is 0. The SMILES string of the molecule is O=c1c2c3c(sc2ncn1Cc1cccc(C(F)(F)F)c1)CC(NC1CCCC1)CC3. The molecule has 164 valence electrons. The average Bonchev–Trinajstić information content (AvgIpc) is 3.37. The predicted molar refractivity (Wildman–Crippen MR) is 116 cm³/mol. The number of hydrogen-bond acceptors (Lipinski definition) is 4. The normalized spacial score (nSPS) is 19.8. The molecular weight excluding hydrogens is 423 g/mol. The highest BCUT2D eigenvalue weighted by Crippen LogP contribution is 2.34. The first kappa shape index (κ1) is 20.7. The number of alkyl halides is 3. The van der Waals surface area contributed by atoms with E-state index < -0.39 is 11.7 Å². The third kappa shape index (κ3) is 4.15. The van der Waals surface area contributed by atoms with Gasteiger partial charge < -0.3 is 5.32 Å². The minimum atomic E-state index is -4.40. The molecule has 0 radical (unpaired) electrons. The Hall–Kier alpha value is -2.19. The first-order valence-corrected chi connectivity index (χ1v) is 11.6. The molecule has 2 aliphatic rings. The molecule has 1 atom stereocenters. The van der Waals surface area contributed by atoms with Gasteiger partial charge in [-0.3, -0.25) is 9.36 Å². The minimum absolute atomic E-state index is 0.0716. The molecule has 0 saturated heterocycles. The Bertz CT molecular complexity index is 1160. The van der Waals surface area contributed by atoms with Crippen molar-refractivity contribution in [3.8, 4) is 0 Å². The third-order valence-electron chi connectivity index (χ3n) is 6.47. The van der Waals surface area contributed by atoms with E-state index in [4.69, 9.17) is 0 Å². The number of nitrogens with zero attached hydrogens (tertiary/aromatic N) is 2. The lowest BCUT2D eigenvalue weighted by atomic mass is 9.92. The molecular formula is C23H24F3N3OS. The standard InChI is InChI=1S/C23H24F3N3OS/c24-23(25,26)15-5-3-4-14(10-15)12-29-13-27-21-20(22(29)30)18-9-8-17(11-19(18)31-21)28-16-6-1-2-7-16/h3-5,10,13,16-17,28H,1-2,6-9,11-12H2. The van der Waals surface area contributed by atoms with Gasteiger partial charge in [0, 0.05) is 17.0 Å². The fourth-order valence-corrected chi connectivity index (χ4v) is 6.18. The monoisotopic (exact) mass is 447 g/mol. The average molecular weight is 448 g/mol. The highest BCUT2D eigenvalue weighted by molar-refractivity contribution is 7.18. The van der Waals surface area contributed by atoms with Gasteiger partial charge in [0.05, 0.1) is 23.8 Å². The number of rotatable bonds is 4. The van der Waals surface area contributed by atoms with Crippen LogP contribution in [0.2, 0.25) is 0 Å². The van der Waals surface area contributed by atoms with Crippen molar-refractivity contribution in [2.24, 2.45) is 0 Å². The highest BCUT2D eigenvalue weighted by Gasteiger charge is 2.30. The van der Waals surface area contributed by atoms with E-state index in [-0.39, 0.29) is 12.1 Å². The Morgan fingerprint density at radius 1 is 1.16 bits per heavy atom. The first-order chi connectivity index (χ1) is 14.9. The van der Waals surface area contributed by atoms with Crippen molar-refractivity contribution in [1.29, 1.82) is 0 Å². The Kier molecular flexibility index (Phi) is 5.38. The van der Waals surface area contributed by atoms with Gasteiger partial charge in [-0.1, -0.05) is 25.0 Å². The third-order valence-corrected chi connectivity index (χ3v) is 7.63. The van der Waals surface area contributed by atoms with Crippen molar-refractivity contribution in [3.63, 3.8) is 0 Å². The van der Waals surface area contributed by atoms with E-state index in [2.05, 4.69) is 10.3 Å². The topological polar surface area (TPSA) is 46.9 Å². The number of benzene rings is 1. The number of nitrogens with one attached hydrogen (secondary N) is 1. The maximum absolute atomic E-state index is 13.2. The summed E-state index contributed by atoms with van der Waals surface area (Å²) in [7, 11) is 0. The number of halogens is 3. The molecule has 4 nitrogen and oxygen atoms in total. The van der Waals surface area contributed by atoms with Crippen LogP contribution in [0.15, 0.2) is 35.4 Å². The quantitative estimate of drug-likeness (QED) is 0.618. The molecule has 8 heteroatoms. The van der Waals surface area contributed by atoms with Gasteiger partial charge >= 0.3 is 6.18 Å². The molecule has 0 bridgehead atoms. The highest BCUT2D eigenvalue weighted by atomic mass is 32.1. The van der Waals surface area contributed by atoms with Crippen molar-refractivity contribution in [2.75, 3.05) is 0 Å². The fourth-order valence-electron chi connectivity index (χ4n) is 4.92. The predicted octanol–water partition coefficient (Wildman–Crippen LogP) is 4.91. The lowest BCUT2D eigenvalue weighted by Gasteiger charge is -2.26. The van der Waals surface area contributed by atoms with Gasteiger partial charge in [0.25, 0.3) is 5.56 Å². The summed E-state index contributed by atoms with van der Waals surface area (Å²) in [4.78, 5) is 19.6. The molecule has 1 unspecified atom stereocenters. The van der Waals surface area contributed by atoms with E-state index in [1.54, 1.807) is 17.4 Å². The van der Waals surface area contributed by atoms with Crippen LogP contribution in [0, 0.1) is 0 Å². The summed E-state index contributed by atoms with van der Waals surface area (Å²) in [6.45, 7) is 0.0716. The molecule has 0 amide bonds. The van der Waals surface area contributed by atoms with Crippen LogP contribution in [-0.4, -0.2) is 21.6 Å².